The van der Waals surface area contributed by atoms with E-state index in [4.69, 9.17) is 5.11 Å². The summed E-state index contributed by atoms with van der Waals surface area (Å²) in [5.41, 5.74) is 0. The number of unbranched alkanes of at least 4 members (excludes halogenated alkanes) is 2. The van der Waals surface area contributed by atoms with E-state index in [-0.39, 0.29) is 18.2 Å². The van der Waals surface area contributed by atoms with Crippen LogP contribution in [-0.2, 0) is 9.59 Å². The molecule has 0 aromatic rings. The van der Waals surface area contributed by atoms with Crippen LogP contribution in [0.2, 0.25) is 0 Å². The molecule has 0 spiro atoms. The number of aliphatic carboxylic acids is 1. The van der Waals surface area contributed by atoms with Gasteiger partial charge in [0.1, 0.15) is 0 Å². The Morgan fingerprint density at radius 3 is 2.53 bits per heavy atom. The first-order chi connectivity index (χ1) is 8.20. The SMILES string of the molecule is O=C(O)CCCCCNC(=O)C1CCNCC1. The van der Waals surface area contributed by atoms with Gasteiger partial charge in [-0.05, 0) is 38.8 Å². The van der Waals surface area contributed by atoms with Crippen molar-refractivity contribution in [2.45, 2.75) is 38.5 Å². The van der Waals surface area contributed by atoms with Gasteiger partial charge in [-0.1, -0.05) is 6.42 Å². The summed E-state index contributed by atoms with van der Waals surface area (Å²) in [6, 6.07) is 0. The van der Waals surface area contributed by atoms with Crippen LogP contribution in [0.3, 0.4) is 0 Å². The highest BCUT2D eigenvalue weighted by Crippen LogP contribution is 2.11. The van der Waals surface area contributed by atoms with Crippen LogP contribution in [0.1, 0.15) is 38.5 Å². The summed E-state index contributed by atoms with van der Waals surface area (Å²) in [6.07, 6.45) is 4.49. The summed E-state index contributed by atoms with van der Waals surface area (Å²) >= 11 is 0. The minimum absolute atomic E-state index is 0.157. The Bertz CT molecular complexity index is 250. The highest BCUT2D eigenvalue weighted by molar-refractivity contribution is 5.78. The van der Waals surface area contributed by atoms with E-state index in [0.717, 1.165) is 38.8 Å². The molecule has 0 aromatic carbocycles. The third-order valence-corrected chi connectivity index (χ3v) is 3.08. The van der Waals surface area contributed by atoms with Crippen LogP contribution in [0.5, 0.6) is 0 Å². The van der Waals surface area contributed by atoms with Crippen LogP contribution in [0.25, 0.3) is 0 Å². The zero-order valence-corrected chi connectivity index (χ0v) is 10.2. The molecule has 1 rings (SSSR count). The van der Waals surface area contributed by atoms with Gasteiger partial charge in [-0.25, -0.2) is 0 Å². The number of hydrogen-bond donors (Lipinski definition) is 3. The number of hydrogen-bond acceptors (Lipinski definition) is 3. The maximum absolute atomic E-state index is 11.7. The van der Waals surface area contributed by atoms with Gasteiger partial charge in [0.15, 0.2) is 0 Å². The Morgan fingerprint density at radius 2 is 1.88 bits per heavy atom. The number of amides is 1. The van der Waals surface area contributed by atoms with Gasteiger partial charge < -0.3 is 15.7 Å². The van der Waals surface area contributed by atoms with Crippen LogP contribution in [0.4, 0.5) is 0 Å². The average molecular weight is 242 g/mol. The maximum atomic E-state index is 11.7. The van der Waals surface area contributed by atoms with Crippen molar-refractivity contribution in [2.24, 2.45) is 5.92 Å². The quantitative estimate of drug-likeness (QED) is 0.576. The van der Waals surface area contributed by atoms with Crippen molar-refractivity contribution < 1.29 is 14.7 Å². The Balaban J connectivity index is 1.98. The minimum Gasteiger partial charge on any atom is -0.481 e. The molecule has 5 nitrogen and oxygen atoms in total. The van der Waals surface area contributed by atoms with Crippen molar-refractivity contribution in [3.05, 3.63) is 0 Å². The second-order valence-corrected chi connectivity index (χ2v) is 4.52. The lowest BCUT2D eigenvalue weighted by molar-refractivity contribution is -0.137. The first-order valence-electron chi connectivity index (χ1n) is 6.40. The number of carbonyl (C=O) groups excluding carboxylic acids is 1. The van der Waals surface area contributed by atoms with Gasteiger partial charge in [0, 0.05) is 18.9 Å². The standard InChI is InChI=1S/C12H22N2O3/c15-11(16)4-2-1-3-7-14-12(17)10-5-8-13-9-6-10/h10,13H,1-9H2,(H,14,17)(H,15,16). The van der Waals surface area contributed by atoms with Gasteiger partial charge in [-0.3, -0.25) is 9.59 Å². The fraction of sp³-hybridized carbons (Fsp3) is 0.833. The largest absolute Gasteiger partial charge is 0.481 e. The van der Waals surface area contributed by atoms with E-state index in [0.29, 0.717) is 13.0 Å². The van der Waals surface area contributed by atoms with E-state index < -0.39 is 5.97 Å². The lowest BCUT2D eigenvalue weighted by Gasteiger charge is -2.21. The number of nitrogens with one attached hydrogen (secondary N) is 2. The second-order valence-electron chi connectivity index (χ2n) is 4.52. The first kappa shape index (κ1) is 14.0. The highest BCUT2D eigenvalue weighted by Gasteiger charge is 2.19. The van der Waals surface area contributed by atoms with E-state index in [1.54, 1.807) is 0 Å². The topological polar surface area (TPSA) is 78.4 Å². The summed E-state index contributed by atoms with van der Waals surface area (Å²) in [4.78, 5) is 22.0. The Morgan fingerprint density at radius 1 is 1.18 bits per heavy atom. The van der Waals surface area contributed by atoms with E-state index in [2.05, 4.69) is 10.6 Å². The lowest BCUT2D eigenvalue weighted by Crippen LogP contribution is -2.38. The van der Waals surface area contributed by atoms with Gasteiger partial charge in [0.2, 0.25) is 5.91 Å². The summed E-state index contributed by atoms with van der Waals surface area (Å²) in [5.74, 6) is -0.427. The molecule has 0 aliphatic carbocycles. The zero-order valence-electron chi connectivity index (χ0n) is 10.2. The van der Waals surface area contributed by atoms with E-state index >= 15 is 0 Å². The minimum atomic E-state index is -0.747. The molecule has 1 aliphatic heterocycles. The molecule has 0 saturated carbocycles. The van der Waals surface area contributed by atoms with Crippen molar-refractivity contribution in [3.63, 3.8) is 0 Å². The third kappa shape index (κ3) is 6.26. The fourth-order valence-corrected chi connectivity index (χ4v) is 2.02. The third-order valence-electron chi connectivity index (χ3n) is 3.08. The van der Waals surface area contributed by atoms with Crippen LogP contribution in [0, 0.1) is 5.92 Å². The molecule has 1 amide bonds. The molecule has 5 heteroatoms. The summed E-state index contributed by atoms with van der Waals surface area (Å²) < 4.78 is 0. The van der Waals surface area contributed by atoms with Crippen molar-refractivity contribution in [1.82, 2.24) is 10.6 Å². The van der Waals surface area contributed by atoms with Gasteiger partial charge in [-0.15, -0.1) is 0 Å². The number of piperidine rings is 1. The predicted molar refractivity (Wildman–Crippen MR) is 64.7 cm³/mol. The number of rotatable bonds is 7. The number of carboxylic acid groups (broad SMARTS) is 1. The summed E-state index contributed by atoms with van der Waals surface area (Å²) in [6.45, 7) is 2.52. The smallest absolute Gasteiger partial charge is 0.303 e. The van der Waals surface area contributed by atoms with E-state index in [1.165, 1.54) is 0 Å². The first-order valence-corrected chi connectivity index (χ1v) is 6.40. The van der Waals surface area contributed by atoms with Crippen molar-refractivity contribution in [2.75, 3.05) is 19.6 Å². The molecular formula is C12H22N2O3. The molecule has 3 N–H and O–H groups in total. The fourth-order valence-electron chi connectivity index (χ4n) is 2.02. The maximum Gasteiger partial charge on any atom is 0.303 e. The Hall–Kier alpha value is -1.10. The molecule has 1 aliphatic rings. The normalized spacial score (nSPS) is 16.7. The molecule has 0 aromatic heterocycles. The molecular weight excluding hydrogens is 220 g/mol. The molecule has 0 radical (unpaired) electrons. The van der Waals surface area contributed by atoms with E-state index in [9.17, 15) is 9.59 Å². The number of carboxylic acids is 1. The molecule has 1 saturated heterocycles. The molecule has 0 bridgehead atoms. The molecule has 1 fully saturated rings. The monoisotopic (exact) mass is 242 g/mol. The van der Waals surface area contributed by atoms with Crippen LogP contribution >= 0.6 is 0 Å². The van der Waals surface area contributed by atoms with Gasteiger partial charge in [0.05, 0.1) is 0 Å². The Kier molecular flexibility index (Phi) is 6.62. The van der Waals surface area contributed by atoms with Crippen molar-refractivity contribution >= 4 is 11.9 Å². The zero-order chi connectivity index (χ0) is 12.5. The van der Waals surface area contributed by atoms with Gasteiger partial charge in [-0.2, -0.15) is 0 Å². The van der Waals surface area contributed by atoms with Crippen LogP contribution < -0.4 is 10.6 Å². The molecule has 1 heterocycles. The molecule has 98 valence electrons. The Labute approximate surface area is 102 Å². The summed E-state index contributed by atoms with van der Waals surface area (Å²) in [7, 11) is 0. The van der Waals surface area contributed by atoms with E-state index in [1.807, 2.05) is 0 Å². The lowest BCUT2D eigenvalue weighted by atomic mass is 9.97. The average Bonchev–Trinajstić information content (AvgIpc) is 2.34. The highest BCUT2D eigenvalue weighted by atomic mass is 16.4. The predicted octanol–water partition coefficient (Wildman–Crippen LogP) is 0.747. The van der Waals surface area contributed by atoms with Gasteiger partial charge >= 0.3 is 5.97 Å². The van der Waals surface area contributed by atoms with Crippen LogP contribution in [-0.4, -0.2) is 36.6 Å². The molecule has 0 unspecified atom stereocenters. The molecule has 0 atom stereocenters. The van der Waals surface area contributed by atoms with Crippen molar-refractivity contribution in [1.29, 1.82) is 0 Å². The van der Waals surface area contributed by atoms with Crippen LogP contribution in [0.15, 0.2) is 0 Å². The second kappa shape index (κ2) is 8.06. The molecule has 17 heavy (non-hydrogen) atoms. The van der Waals surface area contributed by atoms with Gasteiger partial charge in [0.25, 0.3) is 0 Å². The van der Waals surface area contributed by atoms with Crippen molar-refractivity contribution in [3.8, 4) is 0 Å². The summed E-state index contributed by atoms with van der Waals surface area (Å²) in [5, 5.41) is 14.6. The number of carbonyl (C=O) groups is 2.